The van der Waals surface area contributed by atoms with Crippen molar-refractivity contribution >= 4 is 11.2 Å². The van der Waals surface area contributed by atoms with E-state index in [-0.39, 0.29) is 0 Å². The van der Waals surface area contributed by atoms with E-state index in [1.54, 1.807) is 14.2 Å². The number of hydrogen-bond donors (Lipinski definition) is 2. The van der Waals surface area contributed by atoms with E-state index >= 15 is 0 Å². The van der Waals surface area contributed by atoms with Crippen molar-refractivity contribution in [3.63, 3.8) is 0 Å². The van der Waals surface area contributed by atoms with Gasteiger partial charge in [0.25, 0.3) is 0 Å². The Morgan fingerprint density at radius 2 is 1.89 bits per heavy atom. The molecular weight excluding hydrogens is 340 g/mol. The van der Waals surface area contributed by atoms with E-state index < -0.39 is 0 Å². The molecule has 1 aliphatic rings. The van der Waals surface area contributed by atoms with Crippen molar-refractivity contribution in [1.82, 2.24) is 20.3 Å². The predicted octanol–water partition coefficient (Wildman–Crippen LogP) is 3.67. The smallest absolute Gasteiger partial charge is 0.161 e. The summed E-state index contributed by atoms with van der Waals surface area (Å²) < 4.78 is 10.8. The molecule has 6 heteroatoms. The molecule has 4 rings (SSSR count). The van der Waals surface area contributed by atoms with Crippen molar-refractivity contribution in [1.29, 1.82) is 0 Å². The molecule has 27 heavy (non-hydrogen) atoms. The van der Waals surface area contributed by atoms with Crippen molar-refractivity contribution in [2.75, 3.05) is 27.3 Å². The minimum atomic E-state index is 0.493. The highest BCUT2D eigenvalue weighted by molar-refractivity contribution is 5.86. The number of H-pyrrole nitrogens is 1. The maximum atomic E-state index is 5.47. The number of nitrogens with one attached hydrogen (secondary N) is 2. The van der Waals surface area contributed by atoms with Crippen LogP contribution in [0.25, 0.3) is 22.4 Å². The molecule has 0 radical (unpaired) electrons. The molecule has 1 aliphatic heterocycles. The first-order chi connectivity index (χ1) is 13.2. The van der Waals surface area contributed by atoms with E-state index in [1.807, 2.05) is 24.4 Å². The summed E-state index contributed by atoms with van der Waals surface area (Å²) in [6.45, 7) is 4.26. The van der Waals surface area contributed by atoms with Crippen LogP contribution in [0, 0.1) is 0 Å². The number of fused-ring (bicyclic) bond motifs is 1. The SMILES string of the molecule is CCc1c(-c2ccc(OC)c(OC)c2)[nH]c2ncc(C3CCNCC3)nc12. The van der Waals surface area contributed by atoms with Crippen LogP contribution in [0.2, 0.25) is 0 Å². The molecule has 0 bridgehead atoms. The van der Waals surface area contributed by atoms with Crippen molar-refractivity contribution in [3.8, 4) is 22.8 Å². The van der Waals surface area contributed by atoms with Crippen LogP contribution in [0.4, 0.5) is 0 Å². The molecule has 1 aromatic carbocycles. The second kappa shape index (κ2) is 7.56. The predicted molar refractivity (Wildman–Crippen MR) is 107 cm³/mol. The summed E-state index contributed by atoms with van der Waals surface area (Å²) in [7, 11) is 3.30. The number of piperidine rings is 1. The molecule has 0 unspecified atom stereocenters. The topological polar surface area (TPSA) is 72.1 Å². The number of aryl methyl sites for hydroxylation is 1. The normalized spacial score (nSPS) is 15.2. The summed E-state index contributed by atoms with van der Waals surface area (Å²) in [6, 6.07) is 5.97. The maximum absolute atomic E-state index is 5.47. The van der Waals surface area contributed by atoms with Crippen molar-refractivity contribution in [3.05, 3.63) is 35.7 Å². The molecule has 0 saturated carbocycles. The fourth-order valence-corrected chi connectivity index (χ4v) is 3.91. The molecule has 2 aromatic heterocycles. The summed E-state index contributed by atoms with van der Waals surface area (Å²) in [5, 5.41) is 3.41. The molecule has 0 atom stereocenters. The summed E-state index contributed by atoms with van der Waals surface area (Å²) in [5.41, 5.74) is 6.23. The Morgan fingerprint density at radius 1 is 1.11 bits per heavy atom. The van der Waals surface area contributed by atoms with Crippen LogP contribution in [0.15, 0.2) is 24.4 Å². The van der Waals surface area contributed by atoms with Gasteiger partial charge in [-0.25, -0.2) is 9.97 Å². The number of benzene rings is 1. The van der Waals surface area contributed by atoms with Gasteiger partial charge in [0.2, 0.25) is 0 Å². The monoisotopic (exact) mass is 366 g/mol. The number of ether oxygens (including phenoxy) is 2. The van der Waals surface area contributed by atoms with Gasteiger partial charge < -0.3 is 19.8 Å². The van der Waals surface area contributed by atoms with Gasteiger partial charge in [0.1, 0.15) is 5.52 Å². The average Bonchev–Trinajstić information content (AvgIpc) is 3.11. The minimum absolute atomic E-state index is 0.493. The van der Waals surface area contributed by atoms with Gasteiger partial charge in [0, 0.05) is 17.0 Å². The summed E-state index contributed by atoms with van der Waals surface area (Å²) >= 11 is 0. The van der Waals surface area contributed by atoms with Gasteiger partial charge in [0.05, 0.1) is 31.8 Å². The van der Waals surface area contributed by atoms with Crippen LogP contribution in [-0.4, -0.2) is 42.3 Å². The largest absolute Gasteiger partial charge is 0.493 e. The lowest BCUT2D eigenvalue weighted by Crippen LogP contribution is -2.27. The standard InChI is InChI=1S/C21H26N4O2/c1-4-15-19(14-5-6-17(26-2)18(11-14)27-3)25-21-20(15)24-16(12-23-21)13-7-9-22-10-8-13/h5-6,11-13,22H,4,7-10H2,1-3H3,(H,23,25). The van der Waals surface area contributed by atoms with E-state index in [1.165, 1.54) is 5.56 Å². The fourth-order valence-electron chi connectivity index (χ4n) is 3.91. The molecule has 2 N–H and O–H groups in total. The number of methoxy groups -OCH3 is 2. The van der Waals surface area contributed by atoms with Crippen molar-refractivity contribution in [2.45, 2.75) is 32.1 Å². The first-order valence-corrected chi connectivity index (χ1v) is 9.55. The summed E-state index contributed by atoms with van der Waals surface area (Å²) in [6.07, 6.45) is 5.06. The number of nitrogens with zero attached hydrogens (tertiary/aromatic N) is 2. The summed E-state index contributed by atoms with van der Waals surface area (Å²) in [4.78, 5) is 13.2. The minimum Gasteiger partial charge on any atom is -0.493 e. The van der Waals surface area contributed by atoms with Gasteiger partial charge >= 0.3 is 0 Å². The van der Waals surface area contributed by atoms with Crippen LogP contribution >= 0.6 is 0 Å². The van der Waals surface area contributed by atoms with Gasteiger partial charge in [-0.1, -0.05) is 6.92 Å². The highest BCUT2D eigenvalue weighted by Gasteiger charge is 2.20. The zero-order valence-corrected chi connectivity index (χ0v) is 16.1. The van der Waals surface area contributed by atoms with E-state index in [9.17, 15) is 0 Å². The number of aromatic amines is 1. The Balaban J connectivity index is 1.79. The quantitative estimate of drug-likeness (QED) is 0.721. The molecule has 142 valence electrons. The Morgan fingerprint density at radius 3 is 2.59 bits per heavy atom. The lowest BCUT2D eigenvalue weighted by Gasteiger charge is -2.21. The van der Waals surface area contributed by atoms with Crippen LogP contribution in [0.3, 0.4) is 0 Å². The molecule has 1 saturated heterocycles. The molecular formula is C21H26N4O2. The van der Waals surface area contributed by atoms with Crippen LogP contribution in [-0.2, 0) is 6.42 Å². The van der Waals surface area contributed by atoms with E-state index in [2.05, 4.69) is 17.2 Å². The van der Waals surface area contributed by atoms with Gasteiger partial charge in [-0.2, -0.15) is 0 Å². The molecule has 1 fully saturated rings. The second-order valence-corrected chi connectivity index (χ2v) is 6.92. The molecule has 0 amide bonds. The number of hydrogen-bond acceptors (Lipinski definition) is 5. The molecule has 6 nitrogen and oxygen atoms in total. The Bertz CT molecular complexity index is 945. The first-order valence-electron chi connectivity index (χ1n) is 9.55. The maximum Gasteiger partial charge on any atom is 0.161 e. The highest BCUT2D eigenvalue weighted by Crippen LogP contribution is 2.36. The lowest BCUT2D eigenvalue weighted by molar-refractivity contribution is 0.355. The third-order valence-corrected chi connectivity index (χ3v) is 5.41. The van der Waals surface area contributed by atoms with Crippen LogP contribution in [0.1, 0.15) is 36.9 Å². The Kier molecular flexibility index (Phi) is 4.99. The van der Waals surface area contributed by atoms with Crippen molar-refractivity contribution in [2.24, 2.45) is 0 Å². The Labute approximate surface area is 159 Å². The van der Waals surface area contributed by atoms with Crippen LogP contribution < -0.4 is 14.8 Å². The molecule has 0 spiro atoms. The average molecular weight is 366 g/mol. The number of aromatic nitrogens is 3. The van der Waals surface area contributed by atoms with Gasteiger partial charge in [0.15, 0.2) is 17.1 Å². The van der Waals surface area contributed by atoms with E-state index in [0.29, 0.717) is 11.7 Å². The van der Waals surface area contributed by atoms with E-state index in [4.69, 9.17) is 19.4 Å². The third kappa shape index (κ3) is 3.25. The van der Waals surface area contributed by atoms with E-state index in [0.717, 1.165) is 66.2 Å². The highest BCUT2D eigenvalue weighted by atomic mass is 16.5. The van der Waals surface area contributed by atoms with Crippen molar-refractivity contribution < 1.29 is 9.47 Å². The lowest BCUT2D eigenvalue weighted by atomic mass is 9.95. The Hall–Kier alpha value is -2.60. The van der Waals surface area contributed by atoms with Gasteiger partial charge in [-0.05, 0) is 50.6 Å². The zero-order valence-electron chi connectivity index (χ0n) is 16.1. The molecule has 3 aromatic rings. The first kappa shape index (κ1) is 17.8. The summed E-state index contributed by atoms with van der Waals surface area (Å²) in [5.74, 6) is 1.93. The van der Waals surface area contributed by atoms with Gasteiger partial charge in [-0.3, -0.25) is 0 Å². The number of rotatable bonds is 5. The second-order valence-electron chi connectivity index (χ2n) is 6.92. The third-order valence-electron chi connectivity index (χ3n) is 5.41. The van der Waals surface area contributed by atoms with Gasteiger partial charge in [-0.15, -0.1) is 0 Å². The fraction of sp³-hybridized carbons (Fsp3) is 0.429. The molecule has 0 aliphatic carbocycles. The zero-order chi connectivity index (χ0) is 18.8. The molecule has 3 heterocycles. The van der Waals surface area contributed by atoms with Crippen LogP contribution in [0.5, 0.6) is 11.5 Å².